The molecule has 0 unspecified atom stereocenters. The quantitative estimate of drug-likeness (QED) is 0.445. The Kier molecular flexibility index (Phi) is 6.79. The van der Waals surface area contributed by atoms with Gasteiger partial charge in [0.25, 0.3) is 11.6 Å². The third-order valence-corrected chi connectivity index (χ3v) is 5.29. The second-order valence-corrected chi connectivity index (χ2v) is 7.53. The van der Waals surface area contributed by atoms with Crippen molar-refractivity contribution in [1.29, 1.82) is 0 Å². The Morgan fingerprint density at radius 2 is 1.86 bits per heavy atom. The molecular formula is C21H28N4O4+2. The minimum atomic E-state index is -0.515. The van der Waals surface area contributed by atoms with Crippen LogP contribution >= 0.6 is 0 Å². The van der Waals surface area contributed by atoms with Crippen LogP contribution in [0, 0.1) is 17.0 Å². The summed E-state index contributed by atoms with van der Waals surface area (Å²) in [5.41, 5.74) is 2.65. The predicted octanol–water partition coefficient (Wildman–Crippen LogP) is -0.166. The highest BCUT2D eigenvalue weighted by Crippen LogP contribution is 2.28. The Bertz CT molecular complexity index is 879. The van der Waals surface area contributed by atoms with Crippen molar-refractivity contribution in [2.24, 2.45) is 0 Å². The molecule has 8 heteroatoms. The summed E-state index contributed by atoms with van der Waals surface area (Å²) in [5, 5.41) is 13.9. The molecule has 1 saturated heterocycles. The highest BCUT2D eigenvalue weighted by molar-refractivity contribution is 5.93. The number of piperazine rings is 1. The average Bonchev–Trinajstić information content (AvgIpc) is 2.69. The van der Waals surface area contributed by atoms with Gasteiger partial charge in [0.05, 0.1) is 18.1 Å². The molecule has 2 aromatic carbocycles. The maximum atomic E-state index is 12.4. The Labute approximate surface area is 170 Å². The minimum Gasteiger partial charge on any atom is -0.496 e. The fourth-order valence-electron chi connectivity index (χ4n) is 3.74. The van der Waals surface area contributed by atoms with Crippen LogP contribution in [-0.4, -0.2) is 50.7 Å². The molecule has 3 N–H and O–H groups in total. The van der Waals surface area contributed by atoms with Crippen LogP contribution in [0.25, 0.3) is 0 Å². The van der Waals surface area contributed by atoms with Crippen LogP contribution in [0.4, 0.5) is 11.4 Å². The van der Waals surface area contributed by atoms with Crippen molar-refractivity contribution >= 4 is 17.3 Å². The van der Waals surface area contributed by atoms with Crippen molar-refractivity contribution in [3.8, 4) is 5.75 Å². The standard InChI is InChI=1S/C21H26N4O4/c1-16-4-3-5-17(12-16)14-23-8-10-24(11-9-23)15-21(26)22-19-7-6-18(29-2)13-20(19)25(27)28/h3-7,12-13H,8-11,14-15H2,1-2H3,(H,22,26)/p+2. The van der Waals surface area contributed by atoms with Crippen molar-refractivity contribution in [1.82, 2.24) is 0 Å². The molecule has 0 radical (unpaired) electrons. The SMILES string of the molecule is COc1ccc(NC(=O)C[NH+]2CC[NH+](Cc3cccc(C)c3)CC2)c([N+](=O)[O-])c1. The van der Waals surface area contributed by atoms with Crippen molar-refractivity contribution in [2.75, 3.05) is 45.2 Å². The van der Waals surface area contributed by atoms with Crippen molar-refractivity contribution in [3.63, 3.8) is 0 Å². The zero-order valence-electron chi connectivity index (χ0n) is 16.9. The Morgan fingerprint density at radius 3 is 2.52 bits per heavy atom. The van der Waals surface area contributed by atoms with E-state index < -0.39 is 4.92 Å². The first-order valence-corrected chi connectivity index (χ1v) is 9.79. The monoisotopic (exact) mass is 400 g/mol. The topological polar surface area (TPSA) is 90.3 Å². The number of anilines is 1. The Morgan fingerprint density at radius 1 is 1.14 bits per heavy atom. The van der Waals surface area contributed by atoms with Crippen LogP contribution < -0.4 is 19.9 Å². The fourth-order valence-corrected chi connectivity index (χ4v) is 3.74. The van der Waals surface area contributed by atoms with Crippen LogP contribution in [0.5, 0.6) is 5.75 Å². The van der Waals surface area contributed by atoms with E-state index in [0.29, 0.717) is 12.3 Å². The molecule has 0 atom stereocenters. The molecular weight excluding hydrogens is 372 g/mol. The molecule has 2 aromatic rings. The zero-order valence-corrected chi connectivity index (χ0v) is 16.9. The molecule has 1 aliphatic rings. The van der Waals surface area contributed by atoms with Gasteiger partial charge < -0.3 is 19.9 Å². The van der Waals surface area contributed by atoms with Gasteiger partial charge in [-0.1, -0.05) is 29.8 Å². The van der Waals surface area contributed by atoms with E-state index in [1.807, 2.05) is 0 Å². The molecule has 3 rings (SSSR count). The summed E-state index contributed by atoms with van der Waals surface area (Å²) < 4.78 is 5.02. The summed E-state index contributed by atoms with van der Waals surface area (Å²) >= 11 is 0. The Hall–Kier alpha value is -2.97. The number of aryl methyl sites for hydroxylation is 1. The van der Waals surface area contributed by atoms with Gasteiger partial charge in [-0.2, -0.15) is 0 Å². The second-order valence-electron chi connectivity index (χ2n) is 7.53. The summed E-state index contributed by atoms with van der Waals surface area (Å²) in [6, 6.07) is 13.0. The van der Waals surface area contributed by atoms with E-state index in [2.05, 4.69) is 36.5 Å². The summed E-state index contributed by atoms with van der Waals surface area (Å²) in [6.07, 6.45) is 0. The van der Waals surface area contributed by atoms with Crippen LogP contribution in [0.1, 0.15) is 11.1 Å². The van der Waals surface area contributed by atoms with Crippen LogP contribution in [0.15, 0.2) is 42.5 Å². The number of amides is 1. The molecule has 1 aliphatic heterocycles. The average molecular weight is 400 g/mol. The smallest absolute Gasteiger partial charge is 0.296 e. The van der Waals surface area contributed by atoms with Gasteiger partial charge >= 0.3 is 0 Å². The maximum absolute atomic E-state index is 12.4. The molecule has 0 spiro atoms. The van der Waals surface area contributed by atoms with Crippen molar-refractivity contribution in [2.45, 2.75) is 13.5 Å². The zero-order chi connectivity index (χ0) is 20.8. The van der Waals surface area contributed by atoms with Crippen molar-refractivity contribution < 1.29 is 24.3 Å². The number of nitro benzene ring substituents is 1. The van der Waals surface area contributed by atoms with Gasteiger partial charge in [-0.15, -0.1) is 0 Å². The fraction of sp³-hybridized carbons (Fsp3) is 0.381. The number of nitro groups is 1. The lowest BCUT2D eigenvalue weighted by Gasteiger charge is -2.29. The van der Waals surface area contributed by atoms with Crippen LogP contribution in [-0.2, 0) is 11.3 Å². The van der Waals surface area contributed by atoms with Gasteiger partial charge in [0.15, 0.2) is 6.54 Å². The summed E-state index contributed by atoms with van der Waals surface area (Å²) in [5.74, 6) is 0.170. The normalized spacial score (nSPS) is 18.8. The number of rotatable bonds is 7. The first-order valence-electron chi connectivity index (χ1n) is 9.79. The molecule has 0 aromatic heterocycles. The molecule has 0 aliphatic carbocycles. The molecule has 0 bridgehead atoms. The largest absolute Gasteiger partial charge is 0.496 e. The molecule has 1 heterocycles. The van der Waals surface area contributed by atoms with E-state index >= 15 is 0 Å². The van der Waals surface area contributed by atoms with Gasteiger partial charge in [-0.05, 0) is 19.1 Å². The lowest BCUT2D eigenvalue weighted by atomic mass is 10.1. The number of hydrogen-bond donors (Lipinski definition) is 3. The van der Waals surface area contributed by atoms with Gasteiger partial charge in [-0.25, -0.2) is 0 Å². The first-order chi connectivity index (χ1) is 13.9. The molecule has 29 heavy (non-hydrogen) atoms. The highest BCUT2D eigenvalue weighted by Gasteiger charge is 2.26. The minimum absolute atomic E-state index is 0.167. The number of methoxy groups -OCH3 is 1. The predicted molar refractivity (Wildman–Crippen MR) is 109 cm³/mol. The van der Waals surface area contributed by atoms with E-state index in [1.54, 1.807) is 6.07 Å². The van der Waals surface area contributed by atoms with Crippen molar-refractivity contribution in [3.05, 3.63) is 63.7 Å². The molecule has 0 saturated carbocycles. The van der Waals surface area contributed by atoms with E-state index in [9.17, 15) is 14.9 Å². The van der Waals surface area contributed by atoms with E-state index in [4.69, 9.17) is 4.74 Å². The number of nitrogens with zero attached hydrogens (tertiary/aromatic N) is 1. The summed E-state index contributed by atoms with van der Waals surface area (Å²) in [6.45, 7) is 7.21. The second kappa shape index (κ2) is 9.49. The van der Waals surface area contributed by atoms with E-state index in [-0.39, 0.29) is 17.3 Å². The summed E-state index contributed by atoms with van der Waals surface area (Å²) in [4.78, 5) is 25.9. The number of hydrogen-bond acceptors (Lipinski definition) is 4. The number of carbonyl (C=O) groups is 1. The van der Waals surface area contributed by atoms with Crippen LogP contribution in [0.2, 0.25) is 0 Å². The Balaban J connectivity index is 1.50. The number of carbonyl (C=O) groups excluding carboxylic acids is 1. The van der Waals surface area contributed by atoms with Gasteiger partial charge in [-0.3, -0.25) is 14.9 Å². The van der Waals surface area contributed by atoms with Gasteiger partial charge in [0.1, 0.15) is 44.2 Å². The first kappa shape index (κ1) is 20.8. The van der Waals surface area contributed by atoms with Gasteiger partial charge in [0.2, 0.25) is 0 Å². The highest BCUT2D eigenvalue weighted by atomic mass is 16.6. The van der Waals surface area contributed by atoms with E-state index in [1.165, 1.54) is 40.2 Å². The molecule has 1 fully saturated rings. The third kappa shape index (κ3) is 5.75. The maximum Gasteiger partial charge on any atom is 0.296 e. The number of quaternary nitrogens is 2. The summed E-state index contributed by atoms with van der Waals surface area (Å²) in [7, 11) is 1.45. The molecule has 1 amide bonds. The number of ether oxygens (including phenoxy) is 1. The lowest BCUT2D eigenvalue weighted by molar-refractivity contribution is -1.02. The lowest BCUT2D eigenvalue weighted by Crippen LogP contribution is -3.28. The van der Waals surface area contributed by atoms with Crippen LogP contribution in [0.3, 0.4) is 0 Å². The number of nitrogens with one attached hydrogen (secondary N) is 3. The third-order valence-electron chi connectivity index (χ3n) is 5.29. The van der Waals surface area contributed by atoms with Gasteiger partial charge in [0, 0.05) is 5.56 Å². The van der Waals surface area contributed by atoms with E-state index in [0.717, 1.165) is 32.7 Å². The molecule has 8 nitrogen and oxygen atoms in total. The molecule has 154 valence electrons. The number of benzene rings is 2.